The van der Waals surface area contributed by atoms with Gasteiger partial charge < -0.3 is 0 Å². The zero-order valence-electron chi connectivity index (χ0n) is 16.1. The second-order valence-electron chi connectivity index (χ2n) is 6.83. The molecule has 0 aliphatic carbocycles. The van der Waals surface area contributed by atoms with Gasteiger partial charge in [-0.3, -0.25) is 0 Å². The number of hydrogen-bond acceptors (Lipinski definition) is 1. The molecule has 0 fully saturated rings. The van der Waals surface area contributed by atoms with E-state index in [2.05, 4.69) is 45.0 Å². The van der Waals surface area contributed by atoms with Crippen molar-refractivity contribution in [1.29, 1.82) is 0 Å². The molecule has 0 aliphatic rings. The van der Waals surface area contributed by atoms with E-state index in [0.29, 0.717) is 0 Å². The van der Waals surface area contributed by atoms with Crippen LogP contribution in [0.3, 0.4) is 0 Å². The summed E-state index contributed by atoms with van der Waals surface area (Å²) < 4.78 is 6.15. The van der Waals surface area contributed by atoms with Crippen LogP contribution in [0, 0.1) is 0 Å². The Hall–Kier alpha value is -0.701. The Morgan fingerprint density at radius 1 is 0.708 bits per heavy atom. The molecule has 2 aromatic carbocycles. The van der Waals surface area contributed by atoms with Crippen LogP contribution in [0.5, 0.6) is 5.75 Å². The molecule has 0 aromatic heterocycles. The van der Waals surface area contributed by atoms with E-state index in [1.165, 1.54) is 79.9 Å². The molecule has 24 heavy (non-hydrogen) atoms. The van der Waals surface area contributed by atoms with Gasteiger partial charge in [0.1, 0.15) is 0 Å². The predicted octanol–water partition coefficient (Wildman–Crippen LogP) is 5.53. The van der Waals surface area contributed by atoms with Crippen molar-refractivity contribution in [1.82, 2.24) is 0 Å². The molecule has 0 saturated carbocycles. The average molecular weight is 433 g/mol. The topological polar surface area (TPSA) is 9.23 Å². The molecule has 0 unspecified atom stereocenters. The second-order valence-corrected chi connectivity index (χ2v) is 7.99. The quantitative estimate of drug-likeness (QED) is 0.448. The molecule has 0 spiro atoms. The summed E-state index contributed by atoms with van der Waals surface area (Å²) in [6.45, 7) is 6.88. The van der Waals surface area contributed by atoms with E-state index in [1.807, 2.05) is 0 Å². The first-order valence-electron chi connectivity index (χ1n) is 9.87. The van der Waals surface area contributed by atoms with Crippen molar-refractivity contribution in [2.45, 2.75) is 78.6 Å². The van der Waals surface area contributed by atoms with Crippen molar-refractivity contribution in [3.63, 3.8) is 0 Å². The van der Waals surface area contributed by atoms with E-state index in [1.54, 1.807) is 11.1 Å². The number of aryl methyl sites for hydroxylation is 1. The van der Waals surface area contributed by atoms with Crippen molar-refractivity contribution in [2.24, 2.45) is 0 Å². The fraction of sp³-hybridized carbons (Fsp3) is 0.545. The van der Waals surface area contributed by atoms with Crippen molar-refractivity contribution in [2.75, 3.05) is 0 Å². The standard InChI is InChI=1S/C22H32O.Sn.3H/c1-4-7-12-17-18(13-8-5-2)20(14-9-6-3)22(23)21-16-11-10-15-19(17)21;;;;/h10-11,15-16,23H,4-9,12-14H2,1-3H3;;;;/q;+1;;;/p-1. The van der Waals surface area contributed by atoms with E-state index < -0.39 is 0 Å². The molecule has 0 N–H and O–H groups in total. The van der Waals surface area contributed by atoms with Crippen LogP contribution in [0.2, 0.25) is 0 Å². The Morgan fingerprint density at radius 3 is 1.75 bits per heavy atom. The van der Waals surface area contributed by atoms with E-state index in [-0.39, 0.29) is 22.9 Å². The summed E-state index contributed by atoms with van der Waals surface area (Å²) in [5.74, 6) is 1.22. The Bertz CT molecular complexity index is 648. The first kappa shape index (κ1) is 19.6. The van der Waals surface area contributed by atoms with Gasteiger partial charge in [0.15, 0.2) is 0 Å². The maximum absolute atomic E-state index is 6.15. The van der Waals surface area contributed by atoms with Crippen molar-refractivity contribution in [3.05, 3.63) is 41.0 Å². The van der Waals surface area contributed by atoms with E-state index >= 15 is 0 Å². The van der Waals surface area contributed by atoms with Crippen LogP contribution in [0.1, 0.15) is 76.0 Å². The number of rotatable bonds is 10. The predicted molar refractivity (Wildman–Crippen MR) is 110 cm³/mol. The second kappa shape index (κ2) is 10.3. The molecule has 2 heteroatoms. The summed E-state index contributed by atoms with van der Waals surface area (Å²) in [5, 5.41) is 2.80. The zero-order valence-corrected chi connectivity index (χ0v) is 21.8. The van der Waals surface area contributed by atoms with Crippen molar-refractivity contribution >= 4 is 33.7 Å². The molecular formula is C22H34OSn. The maximum atomic E-state index is 6.15. The fourth-order valence-electron chi connectivity index (χ4n) is 3.73. The molecule has 0 amide bonds. The van der Waals surface area contributed by atoms with E-state index in [9.17, 15) is 0 Å². The summed E-state index contributed by atoms with van der Waals surface area (Å²) >= 11 is 0.203. The first-order chi connectivity index (χ1) is 11.8. The SMILES string of the molecule is CCCCc1c(CCCC)c([O][SnH3])c2ccccc2c1CCCC. The summed E-state index contributed by atoms with van der Waals surface area (Å²) in [7, 11) is 0. The van der Waals surface area contributed by atoms with Gasteiger partial charge in [-0.15, -0.1) is 0 Å². The van der Waals surface area contributed by atoms with Gasteiger partial charge in [0.25, 0.3) is 0 Å². The summed E-state index contributed by atoms with van der Waals surface area (Å²) in [6, 6.07) is 8.95. The van der Waals surface area contributed by atoms with Crippen LogP contribution >= 0.6 is 0 Å². The third kappa shape index (κ3) is 4.47. The van der Waals surface area contributed by atoms with E-state index in [0.717, 1.165) is 0 Å². The van der Waals surface area contributed by atoms with Gasteiger partial charge in [0.05, 0.1) is 0 Å². The Balaban J connectivity index is 2.69. The van der Waals surface area contributed by atoms with Gasteiger partial charge in [0, 0.05) is 0 Å². The zero-order chi connectivity index (χ0) is 17.4. The van der Waals surface area contributed by atoms with Gasteiger partial charge in [0.2, 0.25) is 0 Å². The Labute approximate surface area is 161 Å². The molecular weight excluding hydrogens is 399 g/mol. The van der Waals surface area contributed by atoms with Gasteiger partial charge in [-0.05, 0) is 0 Å². The van der Waals surface area contributed by atoms with Crippen LogP contribution in [-0.2, 0) is 19.3 Å². The average Bonchev–Trinajstić information content (AvgIpc) is 2.62. The molecule has 2 aromatic rings. The molecule has 0 aliphatic heterocycles. The van der Waals surface area contributed by atoms with Gasteiger partial charge >= 0.3 is 162 Å². The van der Waals surface area contributed by atoms with Gasteiger partial charge in [-0.25, -0.2) is 0 Å². The third-order valence-electron chi connectivity index (χ3n) is 5.04. The number of benzene rings is 2. The molecule has 0 bridgehead atoms. The van der Waals surface area contributed by atoms with E-state index in [4.69, 9.17) is 3.07 Å². The third-order valence-corrected chi connectivity index (χ3v) is 6.21. The van der Waals surface area contributed by atoms with Crippen molar-refractivity contribution in [3.8, 4) is 5.75 Å². The molecule has 0 atom stereocenters. The normalized spacial score (nSPS) is 11.3. The van der Waals surface area contributed by atoms with Crippen molar-refractivity contribution < 1.29 is 3.07 Å². The molecule has 2 rings (SSSR count). The van der Waals surface area contributed by atoms with Crippen LogP contribution in [0.15, 0.2) is 24.3 Å². The molecule has 0 saturated heterocycles. The number of unbranched alkanes of at least 4 members (excludes halogenated alkanes) is 3. The van der Waals surface area contributed by atoms with Gasteiger partial charge in [-0.2, -0.15) is 0 Å². The molecule has 1 nitrogen and oxygen atoms in total. The van der Waals surface area contributed by atoms with Crippen LogP contribution in [-0.4, -0.2) is 22.9 Å². The van der Waals surface area contributed by atoms with Crippen LogP contribution < -0.4 is 3.07 Å². The van der Waals surface area contributed by atoms with Crippen LogP contribution in [0.25, 0.3) is 10.8 Å². The van der Waals surface area contributed by atoms with Crippen LogP contribution in [0.4, 0.5) is 0 Å². The summed E-state index contributed by atoms with van der Waals surface area (Å²) in [5.41, 5.74) is 4.78. The minimum absolute atomic E-state index is 0.203. The Kier molecular flexibility index (Phi) is 8.44. The molecule has 0 radical (unpaired) electrons. The first-order valence-corrected chi connectivity index (χ1v) is 12.2. The Morgan fingerprint density at radius 2 is 1.21 bits per heavy atom. The summed E-state index contributed by atoms with van der Waals surface area (Å²) in [6.07, 6.45) is 11.2. The monoisotopic (exact) mass is 434 g/mol. The molecule has 0 heterocycles. The molecule has 132 valence electrons. The minimum atomic E-state index is 0.203. The number of fused-ring (bicyclic) bond motifs is 1. The number of hydrogen-bond donors (Lipinski definition) is 0. The van der Waals surface area contributed by atoms with Gasteiger partial charge in [-0.1, -0.05) is 0 Å². The fourth-order valence-corrected chi connectivity index (χ4v) is 5.07. The summed E-state index contributed by atoms with van der Waals surface area (Å²) in [4.78, 5) is 0.